The minimum atomic E-state index is -1.14. The fraction of sp³-hybridized carbons (Fsp3) is 0.448. The highest BCUT2D eigenvalue weighted by Crippen LogP contribution is 2.37. The number of pyridine rings is 1. The second-order valence-corrected chi connectivity index (χ2v) is 11.8. The number of ether oxygens (including phenoxy) is 3. The third-order valence-corrected chi connectivity index (χ3v) is 7.58. The van der Waals surface area contributed by atoms with Crippen LogP contribution in [0.3, 0.4) is 0 Å². The Kier molecular flexibility index (Phi) is 8.68. The van der Waals surface area contributed by atoms with Crippen LogP contribution in [0.1, 0.15) is 38.1 Å². The highest BCUT2D eigenvalue weighted by molar-refractivity contribution is 6.31. The average Bonchev–Trinajstić information content (AvgIpc) is 3.37. The van der Waals surface area contributed by atoms with Gasteiger partial charge in [-0.25, -0.2) is 27.7 Å². The predicted molar refractivity (Wildman–Crippen MR) is 150 cm³/mol. The molecule has 1 N–H and O–H groups in total. The molecule has 14 heteroatoms. The van der Waals surface area contributed by atoms with Crippen LogP contribution in [0.2, 0.25) is 5.02 Å². The topological polar surface area (TPSA) is 106 Å². The number of likely N-dealkylation sites (tertiary alicyclic amines) is 1. The lowest BCUT2D eigenvalue weighted by Gasteiger charge is -2.38. The average molecular weight is 622 g/mol. The van der Waals surface area contributed by atoms with Crippen molar-refractivity contribution in [2.45, 2.75) is 44.6 Å². The Morgan fingerprint density at radius 1 is 1.16 bits per heavy atom. The van der Waals surface area contributed by atoms with Gasteiger partial charge in [-0.15, -0.1) is 0 Å². The normalized spacial score (nSPS) is 22.6. The minimum absolute atomic E-state index is 0.0153. The summed E-state index contributed by atoms with van der Waals surface area (Å²) < 4.78 is 59.2. The minimum Gasteiger partial charge on any atom is -0.466 e. The SMILES string of the molecule is COC(=O)C1=C(CN2CCO[C@H]3CN(C(=O)OC(C)(C)C)C[C@H]32)NC(c2ncc(F)cc2F)=N[C@H]1c1ccc(F)cc1Cl. The number of nitrogens with one attached hydrogen (secondary N) is 1. The summed E-state index contributed by atoms with van der Waals surface area (Å²) in [5, 5.41) is 3.00. The van der Waals surface area contributed by atoms with Crippen molar-refractivity contribution in [3.8, 4) is 0 Å². The molecule has 0 radical (unpaired) electrons. The summed E-state index contributed by atoms with van der Waals surface area (Å²) in [6.07, 6.45) is 0.0608. The number of amides is 1. The van der Waals surface area contributed by atoms with Crippen LogP contribution >= 0.6 is 11.6 Å². The van der Waals surface area contributed by atoms with E-state index in [9.17, 15) is 22.8 Å². The van der Waals surface area contributed by atoms with Gasteiger partial charge >= 0.3 is 12.1 Å². The van der Waals surface area contributed by atoms with E-state index in [1.807, 2.05) is 4.90 Å². The smallest absolute Gasteiger partial charge is 0.410 e. The molecule has 230 valence electrons. The van der Waals surface area contributed by atoms with Gasteiger partial charge in [-0.3, -0.25) is 9.89 Å². The van der Waals surface area contributed by atoms with Crippen LogP contribution in [-0.4, -0.2) is 90.3 Å². The number of halogens is 4. The van der Waals surface area contributed by atoms with Crippen molar-refractivity contribution < 1.29 is 37.0 Å². The number of aromatic nitrogens is 1. The number of benzene rings is 1. The van der Waals surface area contributed by atoms with Crippen LogP contribution in [0.25, 0.3) is 0 Å². The Bertz CT molecular complexity index is 1500. The van der Waals surface area contributed by atoms with Crippen molar-refractivity contribution in [1.29, 1.82) is 0 Å². The summed E-state index contributed by atoms with van der Waals surface area (Å²) >= 11 is 6.41. The van der Waals surface area contributed by atoms with E-state index in [1.54, 1.807) is 25.7 Å². The number of carbonyl (C=O) groups excluding carboxylic acids is 2. The molecule has 3 atom stereocenters. The van der Waals surface area contributed by atoms with E-state index in [0.717, 1.165) is 12.3 Å². The van der Waals surface area contributed by atoms with Crippen LogP contribution in [0.5, 0.6) is 0 Å². The van der Waals surface area contributed by atoms with Gasteiger partial charge in [0.25, 0.3) is 0 Å². The first-order valence-corrected chi connectivity index (χ1v) is 14.0. The first-order chi connectivity index (χ1) is 20.3. The monoisotopic (exact) mass is 621 g/mol. The summed E-state index contributed by atoms with van der Waals surface area (Å²) in [6.45, 7) is 6.89. The van der Waals surface area contributed by atoms with Crippen molar-refractivity contribution >= 4 is 29.5 Å². The zero-order valence-electron chi connectivity index (χ0n) is 24.0. The fourth-order valence-electron chi connectivity index (χ4n) is 5.36. The Balaban J connectivity index is 1.54. The number of methoxy groups -OCH3 is 1. The van der Waals surface area contributed by atoms with E-state index in [1.165, 1.54) is 19.2 Å². The lowest BCUT2D eigenvalue weighted by molar-refractivity contribution is -0.136. The molecule has 4 heterocycles. The number of amidine groups is 1. The first kappa shape index (κ1) is 30.8. The molecule has 2 aromatic rings. The van der Waals surface area contributed by atoms with Gasteiger partial charge in [-0.05, 0) is 32.9 Å². The number of hydrogen-bond donors (Lipinski definition) is 1. The number of nitrogens with zero attached hydrogens (tertiary/aromatic N) is 4. The Morgan fingerprint density at radius 2 is 1.93 bits per heavy atom. The lowest BCUT2D eigenvalue weighted by Crippen LogP contribution is -2.53. The standard InChI is InChI=1S/C29H31ClF3N5O5/c1-29(2,3)43-28(40)38-13-21-22(14-38)42-8-7-37(21)12-20-23(27(39)41-4)24(17-6-5-15(31)9-18(17)30)36-26(35-20)25-19(33)10-16(32)11-34-25/h5-6,9-11,21-22,24H,7-8,12-14H2,1-4H3,(H,35,36)/t21-,22+,24+/m1/s1. The molecule has 1 amide bonds. The molecule has 3 aliphatic rings. The van der Waals surface area contributed by atoms with Crippen molar-refractivity contribution in [3.63, 3.8) is 0 Å². The molecular formula is C29H31ClF3N5O5. The van der Waals surface area contributed by atoms with E-state index in [-0.39, 0.29) is 46.4 Å². The van der Waals surface area contributed by atoms with Crippen LogP contribution in [0, 0.1) is 17.5 Å². The molecule has 2 fully saturated rings. The molecule has 1 aromatic heterocycles. The van der Waals surface area contributed by atoms with Crippen LogP contribution in [0.15, 0.2) is 46.7 Å². The van der Waals surface area contributed by atoms with Crippen LogP contribution < -0.4 is 5.32 Å². The maximum absolute atomic E-state index is 14.9. The van der Waals surface area contributed by atoms with Crippen LogP contribution in [0.4, 0.5) is 18.0 Å². The maximum Gasteiger partial charge on any atom is 0.410 e. The van der Waals surface area contributed by atoms with Gasteiger partial charge in [0.1, 0.15) is 29.0 Å². The fourth-order valence-corrected chi connectivity index (χ4v) is 5.63. The van der Waals surface area contributed by atoms with E-state index in [2.05, 4.69) is 15.3 Å². The highest BCUT2D eigenvalue weighted by atomic mass is 35.5. The van der Waals surface area contributed by atoms with E-state index >= 15 is 0 Å². The molecule has 0 bridgehead atoms. The van der Waals surface area contributed by atoms with Gasteiger partial charge in [-0.1, -0.05) is 17.7 Å². The molecule has 2 saturated heterocycles. The van der Waals surface area contributed by atoms with Gasteiger partial charge in [0.2, 0.25) is 0 Å². The molecule has 10 nitrogen and oxygen atoms in total. The molecule has 1 aromatic carbocycles. The zero-order valence-corrected chi connectivity index (χ0v) is 24.8. The van der Waals surface area contributed by atoms with Crippen molar-refractivity contribution in [2.75, 3.05) is 39.9 Å². The van der Waals surface area contributed by atoms with Gasteiger partial charge in [0, 0.05) is 42.0 Å². The summed E-state index contributed by atoms with van der Waals surface area (Å²) in [5.41, 5.74) is -0.341. The number of aliphatic imine (C=N–C) groups is 1. The molecule has 0 saturated carbocycles. The number of esters is 1. The number of fused-ring (bicyclic) bond motifs is 1. The molecule has 0 aliphatic carbocycles. The predicted octanol–water partition coefficient (Wildman–Crippen LogP) is 3.99. The molecule has 0 spiro atoms. The third kappa shape index (κ3) is 6.63. The second-order valence-electron chi connectivity index (χ2n) is 11.4. The van der Waals surface area contributed by atoms with Crippen LogP contribution in [-0.2, 0) is 19.0 Å². The molecular weight excluding hydrogens is 591 g/mol. The summed E-state index contributed by atoms with van der Waals surface area (Å²) in [7, 11) is 1.21. The van der Waals surface area contributed by atoms with E-state index in [4.69, 9.17) is 25.8 Å². The number of morpholine rings is 1. The van der Waals surface area contributed by atoms with Gasteiger partial charge in [0.15, 0.2) is 11.7 Å². The maximum atomic E-state index is 14.9. The van der Waals surface area contributed by atoms with E-state index < -0.39 is 41.2 Å². The van der Waals surface area contributed by atoms with Gasteiger partial charge in [-0.2, -0.15) is 0 Å². The highest BCUT2D eigenvalue weighted by Gasteiger charge is 2.44. The molecule has 3 aliphatic heterocycles. The summed E-state index contributed by atoms with van der Waals surface area (Å²) in [6, 6.07) is 2.89. The molecule has 0 unspecified atom stereocenters. The lowest BCUT2D eigenvalue weighted by atomic mass is 9.94. The van der Waals surface area contributed by atoms with E-state index in [0.29, 0.717) is 38.0 Å². The largest absolute Gasteiger partial charge is 0.466 e. The van der Waals surface area contributed by atoms with Gasteiger partial charge < -0.3 is 24.4 Å². The Labute approximate surface area is 251 Å². The number of rotatable bonds is 5. The Hall–Kier alpha value is -3.68. The third-order valence-electron chi connectivity index (χ3n) is 7.25. The molecule has 5 rings (SSSR count). The number of carbonyl (C=O) groups is 2. The Morgan fingerprint density at radius 3 is 2.60 bits per heavy atom. The van der Waals surface area contributed by atoms with Gasteiger partial charge in [0.05, 0.1) is 44.2 Å². The van der Waals surface area contributed by atoms with Crippen molar-refractivity contribution in [3.05, 3.63) is 75.5 Å². The summed E-state index contributed by atoms with van der Waals surface area (Å²) in [4.78, 5) is 38.1. The quantitative estimate of drug-likeness (QED) is 0.500. The first-order valence-electron chi connectivity index (χ1n) is 13.6. The second kappa shape index (κ2) is 12.1. The molecule has 43 heavy (non-hydrogen) atoms. The van der Waals surface area contributed by atoms with Crippen molar-refractivity contribution in [2.24, 2.45) is 4.99 Å². The summed E-state index contributed by atoms with van der Waals surface area (Å²) in [5.74, 6) is -3.28. The zero-order chi connectivity index (χ0) is 31.1. The van der Waals surface area contributed by atoms with Crippen molar-refractivity contribution in [1.82, 2.24) is 20.1 Å². The number of hydrogen-bond acceptors (Lipinski definition) is 9.